The fourth-order valence-corrected chi connectivity index (χ4v) is 2.91. The zero-order chi connectivity index (χ0) is 13.8. The third-order valence-electron chi connectivity index (χ3n) is 4.28. The van der Waals surface area contributed by atoms with Gasteiger partial charge in [-0.05, 0) is 43.8 Å². The number of methoxy groups -OCH3 is 1. The van der Waals surface area contributed by atoms with Crippen LogP contribution in [-0.2, 0) is 6.54 Å². The number of anilines is 1. The molecule has 0 spiro atoms. The number of hydrogen-bond acceptors (Lipinski definition) is 3. The Hall–Kier alpha value is -1.22. The van der Waals surface area contributed by atoms with Crippen molar-refractivity contribution in [3.63, 3.8) is 0 Å². The summed E-state index contributed by atoms with van der Waals surface area (Å²) in [5.74, 6) is 2.61. The van der Waals surface area contributed by atoms with Crippen molar-refractivity contribution < 1.29 is 4.74 Å². The smallest absolute Gasteiger partial charge is 0.125 e. The van der Waals surface area contributed by atoms with Gasteiger partial charge >= 0.3 is 0 Å². The minimum atomic E-state index is 0.763. The van der Waals surface area contributed by atoms with E-state index in [1.165, 1.54) is 31.5 Å². The average molecular weight is 262 g/mol. The van der Waals surface area contributed by atoms with Crippen LogP contribution >= 0.6 is 0 Å². The summed E-state index contributed by atoms with van der Waals surface area (Å²) in [4.78, 5) is 2.52. The first-order valence-corrected chi connectivity index (χ1v) is 7.25. The van der Waals surface area contributed by atoms with Crippen LogP contribution in [0.3, 0.4) is 0 Å². The highest BCUT2D eigenvalue weighted by Gasteiger charge is 2.22. The molecule has 1 aromatic rings. The number of nitrogens with zero attached hydrogens (tertiary/aromatic N) is 1. The van der Waals surface area contributed by atoms with E-state index in [4.69, 9.17) is 10.5 Å². The summed E-state index contributed by atoms with van der Waals surface area (Å²) in [7, 11) is 1.71. The van der Waals surface area contributed by atoms with E-state index in [2.05, 4.69) is 24.8 Å². The Morgan fingerprint density at radius 1 is 1.32 bits per heavy atom. The standard InChI is InChI=1S/C16H26N2O/c1-12(2)13-6-8-18(9-7-13)11-14-4-5-15(17)10-16(14)19-3/h4-5,10,12-13H,6-9,11,17H2,1-3H3. The normalized spacial score (nSPS) is 17.9. The summed E-state index contributed by atoms with van der Waals surface area (Å²) in [5, 5.41) is 0. The Balaban J connectivity index is 1.95. The number of nitrogen functional groups attached to an aromatic ring is 1. The largest absolute Gasteiger partial charge is 0.496 e. The van der Waals surface area contributed by atoms with Crippen LogP contribution < -0.4 is 10.5 Å². The molecule has 1 aliphatic heterocycles. The summed E-state index contributed by atoms with van der Waals surface area (Å²) in [5.41, 5.74) is 7.79. The van der Waals surface area contributed by atoms with E-state index in [0.717, 1.165) is 29.8 Å². The van der Waals surface area contributed by atoms with Crippen molar-refractivity contribution >= 4 is 5.69 Å². The molecule has 1 aromatic carbocycles. The number of rotatable bonds is 4. The van der Waals surface area contributed by atoms with Gasteiger partial charge in [0, 0.05) is 23.9 Å². The second-order valence-electron chi connectivity index (χ2n) is 5.93. The Morgan fingerprint density at radius 2 is 2.00 bits per heavy atom. The molecule has 0 aliphatic carbocycles. The van der Waals surface area contributed by atoms with Crippen molar-refractivity contribution in [1.29, 1.82) is 0 Å². The maximum absolute atomic E-state index is 5.79. The quantitative estimate of drug-likeness (QED) is 0.847. The summed E-state index contributed by atoms with van der Waals surface area (Å²) >= 11 is 0. The maximum atomic E-state index is 5.79. The molecule has 106 valence electrons. The van der Waals surface area contributed by atoms with Gasteiger partial charge in [-0.15, -0.1) is 0 Å². The van der Waals surface area contributed by atoms with Gasteiger partial charge in [0.1, 0.15) is 5.75 Å². The maximum Gasteiger partial charge on any atom is 0.125 e. The lowest BCUT2D eigenvalue weighted by molar-refractivity contribution is 0.151. The minimum absolute atomic E-state index is 0.763. The van der Waals surface area contributed by atoms with Crippen molar-refractivity contribution in [3.05, 3.63) is 23.8 Å². The van der Waals surface area contributed by atoms with Gasteiger partial charge in [-0.3, -0.25) is 4.90 Å². The molecule has 0 atom stereocenters. The second kappa shape index (κ2) is 6.29. The van der Waals surface area contributed by atoms with Gasteiger partial charge in [0.15, 0.2) is 0 Å². The number of ether oxygens (including phenoxy) is 1. The van der Waals surface area contributed by atoms with E-state index in [0.29, 0.717) is 0 Å². The predicted octanol–water partition coefficient (Wildman–Crippen LogP) is 3.15. The van der Waals surface area contributed by atoms with E-state index < -0.39 is 0 Å². The Bertz CT molecular complexity index is 409. The lowest BCUT2D eigenvalue weighted by Crippen LogP contribution is -2.34. The fourth-order valence-electron chi connectivity index (χ4n) is 2.91. The molecule has 1 saturated heterocycles. The Kier molecular flexibility index (Phi) is 4.70. The highest BCUT2D eigenvalue weighted by Crippen LogP contribution is 2.28. The van der Waals surface area contributed by atoms with Gasteiger partial charge < -0.3 is 10.5 Å². The zero-order valence-corrected chi connectivity index (χ0v) is 12.4. The van der Waals surface area contributed by atoms with Crippen LogP contribution in [0.4, 0.5) is 5.69 Å². The van der Waals surface area contributed by atoms with Gasteiger partial charge in [0.2, 0.25) is 0 Å². The number of piperidine rings is 1. The molecule has 0 unspecified atom stereocenters. The third kappa shape index (κ3) is 3.63. The van der Waals surface area contributed by atoms with Crippen LogP contribution in [0.2, 0.25) is 0 Å². The van der Waals surface area contributed by atoms with Crippen LogP contribution in [0.1, 0.15) is 32.3 Å². The molecule has 0 amide bonds. The van der Waals surface area contributed by atoms with Crippen molar-refractivity contribution in [2.24, 2.45) is 11.8 Å². The minimum Gasteiger partial charge on any atom is -0.496 e. The van der Waals surface area contributed by atoms with Gasteiger partial charge in [-0.1, -0.05) is 19.9 Å². The molecule has 1 heterocycles. The first-order chi connectivity index (χ1) is 9.10. The summed E-state index contributed by atoms with van der Waals surface area (Å²) in [6.45, 7) is 8.02. The molecule has 0 bridgehead atoms. The van der Waals surface area contributed by atoms with E-state index in [1.54, 1.807) is 7.11 Å². The van der Waals surface area contributed by atoms with Crippen molar-refractivity contribution in [2.45, 2.75) is 33.2 Å². The van der Waals surface area contributed by atoms with Crippen molar-refractivity contribution in [2.75, 3.05) is 25.9 Å². The van der Waals surface area contributed by atoms with Crippen LogP contribution in [-0.4, -0.2) is 25.1 Å². The molecule has 2 N–H and O–H groups in total. The first kappa shape index (κ1) is 14.2. The lowest BCUT2D eigenvalue weighted by atomic mass is 9.86. The van der Waals surface area contributed by atoms with Gasteiger partial charge in [0.05, 0.1) is 7.11 Å². The number of nitrogens with two attached hydrogens (primary N) is 1. The molecule has 0 saturated carbocycles. The van der Waals surface area contributed by atoms with Crippen molar-refractivity contribution in [1.82, 2.24) is 4.90 Å². The average Bonchev–Trinajstić information content (AvgIpc) is 2.41. The summed E-state index contributed by atoms with van der Waals surface area (Å²) in [6.07, 6.45) is 2.63. The second-order valence-corrected chi connectivity index (χ2v) is 5.93. The molecule has 3 heteroatoms. The molecule has 1 fully saturated rings. The van der Waals surface area contributed by atoms with Gasteiger partial charge in [-0.25, -0.2) is 0 Å². The highest BCUT2D eigenvalue weighted by atomic mass is 16.5. The van der Waals surface area contributed by atoms with Gasteiger partial charge in [0.25, 0.3) is 0 Å². The van der Waals surface area contributed by atoms with E-state index in [-0.39, 0.29) is 0 Å². The Morgan fingerprint density at radius 3 is 2.58 bits per heavy atom. The molecule has 0 aromatic heterocycles. The van der Waals surface area contributed by atoms with Crippen LogP contribution in [0.5, 0.6) is 5.75 Å². The lowest BCUT2D eigenvalue weighted by Gasteiger charge is -2.34. The molecule has 1 aliphatic rings. The monoisotopic (exact) mass is 262 g/mol. The number of hydrogen-bond donors (Lipinski definition) is 1. The van der Waals surface area contributed by atoms with E-state index in [1.807, 2.05) is 12.1 Å². The van der Waals surface area contributed by atoms with Gasteiger partial charge in [-0.2, -0.15) is 0 Å². The van der Waals surface area contributed by atoms with Crippen LogP contribution in [0, 0.1) is 11.8 Å². The molecule has 19 heavy (non-hydrogen) atoms. The summed E-state index contributed by atoms with van der Waals surface area (Å²) in [6, 6.07) is 5.96. The van der Waals surface area contributed by atoms with Crippen LogP contribution in [0.15, 0.2) is 18.2 Å². The molecule has 0 radical (unpaired) electrons. The molecular formula is C16H26N2O. The molecule has 3 nitrogen and oxygen atoms in total. The van der Waals surface area contributed by atoms with E-state index >= 15 is 0 Å². The summed E-state index contributed by atoms with van der Waals surface area (Å²) < 4.78 is 5.42. The SMILES string of the molecule is COc1cc(N)ccc1CN1CCC(C(C)C)CC1. The molecular weight excluding hydrogens is 236 g/mol. The number of likely N-dealkylation sites (tertiary alicyclic amines) is 1. The van der Waals surface area contributed by atoms with Crippen LogP contribution in [0.25, 0.3) is 0 Å². The predicted molar refractivity (Wildman–Crippen MR) is 80.2 cm³/mol. The zero-order valence-electron chi connectivity index (χ0n) is 12.4. The number of benzene rings is 1. The Labute approximate surface area is 116 Å². The van der Waals surface area contributed by atoms with Crippen molar-refractivity contribution in [3.8, 4) is 5.75 Å². The van der Waals surface area contributed by atoms with E-state index in [9.17, 15) is 0 Å². The highest BCUT2D eigenvalue weighted by molar-refractivity contribution is 5.48. The topological polar surface area (TPSA) is 38.5 Å². The first-order valence-electron chi connectivity index (χ1n) is 7.25. The third-order valence-corrected chi connectivity index (χ3v) is 4.28. The molecule has 2 rings (SSSR count). The fraction of sp³-hybridized carbons (Fsp3) is 0.625.